The standard InChI is InChI=1S/C26H29ClN8O3/c1-14-5-7-16(8-6-14)13-35-21-20(17-10-18(27)12-28-11-17)30-23(25(36)37)31-22(21)32-26(35)34-9-3-4-19(34)24-29-15(2)33-38-24/h10-12,14,16,19H,3-9,13H2,1-2H3,(H,36,37)/t14-,16-,19?. The highest BCUT2D eigenvalue weighted by atomic mass is 35.5. The molecule has 1 saturated carbocycles. The highest BCUT2D eigenvalue weighted by Crippen LogP contribution is 2.40. The van der Waals surface area contributed by atoms with Gasteiger partial charge in [-0.3, -0.25) is 4.98 Å². The van der Waals surface area contributed by atoms with Crippen LogP contribution in [0.3, 0.4) is 0 Å². The second-order valence-electron chi connectivity index (χ2n) is 10.4. The van der Waals surface area contributed by atoms with E-state index in [2.05, 4.69) is 41.5 Å². The van der Waals surface area contributed by atoms with E-state index >= 15 is 0 Å². The second-order valence-corrected chi connectivity index (χ2v) is 10.9. The monoisotopic (exact) mass is 536 g/mol. The molecule has 4 aromatic heterocycles. The Balaban J connectivity index is 1.55. The first-order valence-electron chi connectivity index (χ1n) is 13.1. The van der Waals surface area contributed by atoms with Gasteiger partial charge in [-0.1, -0.05) is 36.5 Å². The van der Waals surface area contributed by atoms with Gasteiger partial charge in [-0.15, -0.1) is 0 Å². The molecule has 38 heavy (non-hydrogen) atoms. The molecule has 0 radical (unpaired) electrons. The predicted octanol–water partition coefficient (Wildman–Crippen LogP) is 5.10. The minimum Gasteiger partial charge on any atom is -0.475 e. The van der Waals surface area contributed by atoms with E-state index in [4.69, 9.17) is 21.1 Å². The van der Waals surface area contributed by atoms with Crippen LogP contribution in [0, 0.1) is 18.8 Å². The minimum absolute atomic E-state index is 0.124. The molecule has 1 atom stereocenters. The van der Waals surface area contributed by atoms with E-state index in [9.17, 15) is 9.90 Å². The fourth-order valence-electron chi connectivity index (χ4n) is 5.74. The van der Waals surface area contributed by atoms with Gasteiger partial charge in [0.2, 0.25) is 17.7 Å². The number of nitrogens with zero attached hydrogens (tertiary/aromatic N) is 8. The summed E-state index contributed by atoms with van der Waals surface area (Å²) in [6.45, 7) is 5.59. The molecular weight excluding hydrogens is 508 g/mol. The molecule has 0 spiro atoms. The lowest BCUT2D eigenvalue weighted by Gasteiger charge is -2.29. The Bertz CT molecular complexity index is 1490. The topological polar surface area (TPSA) is 136 Å². The largest absolute Gasteiger partial charge is 0.475 e. The van der Waals surface area contributed by atoms with Crippen molar-refractivity contribution < 1.29 is 14.4 Å². The Hall–Kier alpha value is -3.60. The molecular formula is C26H29ClN8O3. The molecule has 5 heterocycles. The highest BCUT2D eigenvalue weighted by molar-refractivity contribution is 6.30. The zero-order chi connectivity index (χ0) is 26.4. The van der Waals surface area contributed by atoms with Crippen LogP contribution in [0.5, 0.6) is 0 Å². The lowest BCUT2D eigenvalue weighted by Crippen LogP contribution is -2.28. The number of pyridine rings is 1. The van der Waals surface area contributed by atoms with E-state index in [1.54, 1.807) is 19.2 Å². The number of rotatable bonds is 6. The minimum atomic E-state index is -1.22. The van der Waals surface area contributed by atoms with Crippen LogP contribution in [0.4, 0.5) is 5.95 Å². The Morgan fingerprint density at radius 1 is 1.13 bits per heavy atom. The third-order valence-electron chi connectivity index (χ3n) is 7.67. The van der Waals surface area contributed by atoms with Crippen molar-refractivity contribution in [3.05, 3.63) is 41.0 Å². The molecule has 0 bridgehead atoms. The van der Waals surface area contributed by atoms with Gasteiger partial charge in [0.15, 0.2) is 11.5 Å². The molecule has 0 amide bonds. The number of fused-ring (bicyclic) bond motifs is 1. The summed E-state index contributed by atoms with van der Waals surface area (Å²) in [5, 5.41) is 14.2. The van der Waals surface area contributed by atoms with Crippen molar-refractivity contribution in [3.8, 4) is 11.3 Å². The van der Waals surface area contributed by atoms with Crippen LogP contribution >= 0.6 is 11.6 Å². The summed E-state index contributed by atoms with van der Waals surface area (Å²) in [5.74, 6) is 1.50. The molecule has 1 unspecified atom stereocenters. The lowest BCUT2D eigenvalue weighted by atomic mass is 9.83. The summed E-state index contributed by atoms with van der Waals surface area (Å²) >= 11 is 6.28. The number of hydrogen-bond acceptors (Lipinski definition) is 9. The van der Waals surface area contributed by atoms with Crippen molar-refractivity contribution in [3.63, 3.8) is 0 Å². The first kappa shape index (κ1) is 24.7. The number of aryl methyl sites for hydroxylation is 1. The Kier molecular flexibility index (Phi) is 6.46. The molecule has 198 valence electrons. The molecule has 0 aromatic carbocycles. The van der Waals surface area contributed by atoms with Gasteiger partial charge >= 0.3 is 5.97 Å². The van der Waals surface area contributed by atoms with Gasteiger partial charge in [-0.05, 0) is 50.5 Å². The summed E-state index contributed by atoms with van der Waals surface area (Å²) in [6, 6.07) is 1.61. The van der Waals surface area contributed by atoms with E-state index in [0.29, 0.717) is 51.0 Å². The molecule has 12 heteroatoms. The maximum absolute atomic E-state index is 12.0. The maximum atomic E-state index is 12.0. The van der Waals surface area contributed by atoms with Gasteiger partial charge in [0.25, 0.3) is 0 Å². The number of anilines is 1. The number of imidazole rings is 1. The predicted molar refractivity (Wildman–Crippen MR) is 140 cm³/mol. The van der Waals surface area contributed by atoms with E-state index in [1.807, 2.05) is 0 Å². The zero-order valence-electron chi connectivity index (χ0n) is 21.3. The first-order valence-corrected chi connectivity index (χ1v) is 13.4. The number of halogens is 1. The molecule has 2 fully saturated rings. The average molecular weight is 537 g/mol. The Morgan fingerprint density at radius 2 is 1.95 bits per heavy atom. The van der Waals surface area contributed by atoms with Gasteiger partial charge in [-0.2, -0.15) is 9.97 Å². The van der Waals surface area contributed by atoms with Crippen molar-refractivity contribution >= 4 is 34.7 Å². The van der Waals surface area contributed by atoms with E-state index in [0.717, 1.165) is 44.7 Å². The van der Waals surface area contributed by atoms with Crippen molar-refractivity contribution in [1.82, 2.24) is 34.6 Å². The summed E-state index contributed by atoms with van der Waals surface area (Å²) in [6.07, 6.45) is 9.57. The molecule has 1 aliphatic heterocycles. The van der Waals surface area contributed by atoms with Crippen LogP contribution in [0.1, 0.15) is 73.8 Å². The number of hydrogen-bond donors (Lipinski definition) is 1. The normalized spacial score (nSPS) is 21.9. The van der Waals surface area contributed by atoms with Crippen LogP contribution in [-0.2, 0) is 6.54 Å². The molecule has 1 aliphatic carbocycles. The second kappa shape index (κ2) is 9.94. The summed E-state index contributed by atoms with van der Waals surface area (Å²) < 4.78 is 7.73. The number of carboxylic acid groups (broad SMARTS) is 1. The van der Waals surface area contributed by atoms with Gasteiger partial charge in [0.1, 0.15) is 17.3 Å². The van der Waals surface area contributed by atoms with Crippen molar-refractivity contribution in [1.29, 1.82) is 0 Å². The molecule has 4 aromatic rings. The summed E-state index contributed by atoms with van der Waals surface area (Å²) in [5.41, 5.74) is 2.08. The number of carboxylic acids is 1. The van der Waals surface area contributed by atoms with Crippen LogP contribution in [0.15, 0.2) is 23.0 Å². The van der Waals surface area contributed by atoms with E-state index in [-0.39, 0.29) is 11.9 Å². The van der Waals surface area contributed by atoms with Gasteiger partial charge in [-0.25, -0.2) is 14.8 Å². The highest BCUT2D eigenvalue weighted by Gasteiger charge is 2.36. The van der Waals surface area contributed by atoms with Gasteiger partial charge in [0, 0.05) is 31.0 Å². The van der Waals surface area contributed by atoms with Crippen LogP contribution in [0.2, 0.25) is 5.02 Å². The number of carbonyl (C=O) groups is 1. The van der Waals surface area contributed by atoms with Crippen molar-refractivity contribution in [2.75, 3.05) is 11.4 Å². The fourth-order valence-corrected chi connectivity index (χ4v) is 5.91. The fraction of sp³-hybridized carbons (Fsp3) is 0.500. The molecule has 6 rings (SSSR count). The first-order chi connectivity index (χ1) is 18.4. The molecule has 1 N–H and O–H groups in total. The average Bonchev–Trinajstić information content (AvgIpc) is 3.63. The number of aromatic carboxylic acids is 1. The molecule has 1 saturated heterocycles. The molecule has 11 nitrogen and oxygen atoms in total. The Morgan fingerprint density at radius 3 is 2.66 bits per heavy atom. The SMILES string of the molecule is Cc1noc(C2CCCN2c2nc3nc(C(=O)O)nc(-c4cncc(Cl)c4)c3n2C[C@H]2CC[C@H](C)CC2)n1. The maximum Gasteiger partial charge on any atom is 0.374 e. The van der Waals surface area contributed by atoms with Crippen LogP contribution < -0.4 is 4.90 Å². The van der Waals surface area contributed by atoms with Crippen molar-refractivity contribution in [2.45, 2.75) is 65.0 Å². The van der Waals surface area contributed by atoms with Gasteiger partial charge in [0.05, 0.1) is 5.02 Å². The Labute approximate surface area is 224 Å². The number of aromatic nitrogens is 7. The van der Waals surface area contributed by atoms with Crippen LogP contribution in [0.25, 0.3) is 22.4 Å². The lowest BCUT2D eigenvalue weighted by molar-refractivity contribution is 0.0684. The summed E-state index contributed by atoms with van der Waals surface area (Å²) in [7, 11) is 0. The van der Waals surface area contributed by atoms with Gasteiger partial charge < -0.3 is 19.1 Å². The quantitative estimate of drug-likeness (QED) is 0.354. The zero-order valence-corrected chi connectivity index (χ0v) is 22.1. The summed E-state index contributed by atoms with van der Waals surface area (Å²) in [4.78, 5) is 36.7. The molecule has 2 aliphatic rings. The third kappa shape index (κ3) is 4.59. The third-order valence-corrected chi connectivity index (χ3v) is 7.87. The van der Waals surface area contributed by atoms with Crippen LogP contribution in [-0.4, -0.2) is 52.3 Å². The van der Waals surface area contributed by atoms with Crippen molar-refractivity contribution in [2.24, 2.45) is 11.8 Å². The van der Waals surface area contributed by atoms with E-state index in [1.165, 1.54) is 19.0 Å². The smallest absolute Gasteiger partial charge is 0.374 e. The van der Waals surface area contributed by atoms with E-state index < -0.39 is 5.97 Å².